The van der Waals surface area contributed by atoms with Crippen LogP contribution in [0.4, 0.5) is 27.6 Å². The van der Waals surface area contributed by atoms with Gasteiger partial charge in [-0.05, 0) is 36.4 Å². The number of hydrogen-bond donors (Lipinski definition) is 2. The molecule has 0 saturated carbocycles. The number of methoxy groups -OCH3 is 1. The average Bonchev–Trinajstić information content (AvgIpc) is 3.21. The second-order valence-electron chi connectivity index (χ2n) is 8.48. The number of aliphatic hydroxyl groups excluding tert-OH is 1. The van der Waals surface area contributed by atoms with Crippen molar-refractivity contribution in [2.75, 3.05) is 31.8 Å². The molecular formula is C26H22F5N3O6. The maximum Gasteiger partial charge on any atom is 0.573 e. The second kappa shape index (κ2) is 11.7. The maximum atomic E-state index is 15.1. The third-order valence-corrected chi connectivity index (χ3v) is 5.98. The molecule has 2 N–H and O–H groups in total. The molecule has 0 bridgehead atoms. The summed E-state index contributed by atoms with van der Waals surface area (Å²) in [6, 6.07) is 7.23. The molecule has 14 heteroatoms. The highest BCUT2D eigenvalue weighted by molar-refractivity contribution is 6.05. The molecule has 2 atom stereocenters. The van der Waals surface area contributed by atoms with E-state index in [1.165, 1.54) is 25.4 Å². The maximum absolute atomic E-state index is 15.1. The van der Waals surface area contributed by atoms with Crippen molar-refractivity contribution in [3.05, 3.63) is 77.5 Å². The van der Waals surface area contributed by atoms with Crippen molar-refractivity contribution < 1.29 is 50.9 Å². The van der Waals surface area contributed by atoms with Gasteiger partial charge in [-0.3, -0.25) is 9.59 Å². The number of benzene rings is 2. The minimum absolute atomic E-state index is 0.0356. The molecule has 1 aromatic heterocycles. The normalized spacial score (nSPS) is 17.1. The number of aromatic nitrogens is 1. The van der Waals surface area contributed by atoms with E-state index < -0.39 is 53.1 Å². The molecule has 2 aromatic carbocycles. The highest BCUT2D eigenvalue weighted by atomic mass is 19.4. The van der Waals surface area contributed by atoms with Gasteiger partial charge in [0.25, 0.3) is 5.91 Å². The largest absolute Gasteiger partial charge is 0.573 e. The summed E-state index contributed by atoms with van der Waals surface area (Å²) in [7, 11) is 1.22. The monoisotopic (exact) mass is 567 g/mol. The molecule has 9 nitrogen and oxygen atoms in total. The number of aliphatic hydroxyl groups is 1. The zero-order valence-corrected chi connectivity index (χ0v) is 20.7. The van der Waals surface area contributed by atoms with E-state index in [0.717, 1.165) is 41.3 Å². The van der Waals surface area contributed by atoms with E-state index in [9.17, 15) is 22.8 Å². The van der Waals surface area contributed by atoms with Crippen molar-refractivity contribution in [2.45, 2.75) is 18.3 Å². The number of rotatable bonds is 9. The Morgan fingerprint density at radius 3 is 2.40 bits per heavy atom. The van der Waals surface area contributed by atoms with E-state index in [0.29, 0.717) is 0 Å². The van der Waals surface area contributed by atoms with Gasteiger partial charge in [0.15, 0.2) is 0 Å². The molecule has 212 valence electrons. The minimum atomic E-state index is -4.94. The zero-order valence-electron chi connectivity index (χ0n) is 20.7. The number of anilines is 1. The topological polar surface area (TPSA) is 110 Å². The molecule has 0 aliphatic carbocycles. The van der Waals surface area contributed by atoms with Crippen molar-refractivity contribution in [2.24, 2.45) is 0 Å². The third-order valence-electron chi connectivity index (χ3n) is 5.98. The van der Waals surface area contributed by atoms with Crippen LogP contribution < -0.4 is 24.4 Å². The molecule has 40 heavy (non-hydrogen) atoms. The van der Waals surface area contributed by atoms with Crippen LogP contribution in [0.1, 0.15) is 21.8 Å². The molecule has 4 rings (SSSR count). The van der Waals surface area contributed by atoms with Crippen molar-refractivity contribution in [1.82, 2.24) is 10.3 Å². The van der Waals surface area contributed by atoms with Crippen LogP contribution in [-0.2, 0) is 4.79 Å². The highest BCUT2D eigenvalue weighted by Crippen LogP contribution is 2.38. The molecule has 1 aliphatic heterocycles. The van der Waals surface area contributed by atoms with Gasteiger partial charge in [-0.15, -0.1) is 13.2 Å². The fourth-order valence-corrected chi connectivity index (χ4v) is 4.28. The fraction of sp³-hybridized carbons (Fsp3) is 0.269. The van der Waals surface area contributed by atoms with Crippen molar-refractivity contribution in [1.29, 1.82) is 0 Å². The molecule has 1 aliphatic rings. The molecule has 1 unspecified atom stereocenters. The van der Waals surface area contributed by atoms with E-state index >= 15 is 8.78 Å². The van der Waals surface area contributed by atoms with Crippen molar-refractivity contribution in [3.63, 3.8) is 0 Å². The number of halogens is 5. The number of nitrogens with zero attached hydrogens (tertiary/aromatic N) is 2. The van der Waals surface area contributed by atoms with Crippen LogP contribution in [0.3, 0.4) is 0 Å². The van der Waals surface area contributed by atoms with Crippen LogP contribution in [0.5, 0.6) is 17.4 Å². The van der Waals surface area contributed by atoms with Gasteiger partial charge in [0, 0.05) is 41.9 Å². The standard InChI is InChI=1S/C26H22F5N3O6/c1-38-16-11-18(27)21(19(28)12-16)17-13-34(20-3-2-8-32-24(20)39-10-9-35)25(37)22(17)33-23(36)14-4-6-15(7-5-14)40-26(29,30)31/h2-8,11-12,17,22,35H,9-10,13H2,1H3,(H,33,36)/t17-,22?/m0/s1. The summed E-state index contributed by atoms with van der Waals surface area (Å²) >= 11 is 0. The Balaban J connectivity index is 1.69. The molecule has 3 aromatic rings. The second-order valence-corrected chi connectivity index (χ2v) is 8.48. The molecule has 1 saturated heterocycles. The quantitative estimate of drug-likeness (QED) is 0.381. The lowest BCUT2D eigenvalue weighted by atomic mass is 9.92. The van der Waals surface area contributed by atoms with E-state index in [1.807, 2.05) is 0 Å². The number of ether oxygens (including phenoxy) is 3. The molecular weight excluding hydrogens is 545 g/mol. The molecule has 2 heterocycles. The lowest BCUT2D eigenvalue weighted by Gasteiger charge is -2.20. The number of hydrogen-bond acceptors (Lipinski definition) is 7. The smallest absolute Gasteiger partial charge is 0.497 e. The first-order valence-electron chi connectivity index (χ1n) is 11.7. The average molecular weight is 567 g/mol. The van der Waals surface area contributed by atoms with Gasteiger partial charge in [0.2, 0.25) is 11.8 Å². The molecule has 1 fully saturated rings. The lowest BCUT2D eigenvalue weighted by Crippen LogP contribution is -2.44. The van der Waals surface area contributed by atoms with Gasteiger partial charge in [-0.2, -0.15) is 0 Å². The Bertz CT molecular complexity index is 1360. The number of amides is 2. The van der Waals surface area contributed by atoms with Gasteiger partial charge in [-0.25, -0.2) is 13.8 Å². The van der Waals surface area contributed by atoms with E-state index in [-0.39, 0.29) is 42.6 Å². The summed E-state index contributed by atoms with van der Waals surface area (Å²) in [6.45, 7) is -0.796. The van der Waals surface area contributed by atoms with Crippen molar-refractivity contribution in [3.8, 4) is 17.4 Å². The van der Waals surface area contributed by atoms with Crippen LogP contribution in [0.15, 0.2) is 54.7 Å². The zero-order chi connectivity index (χ0) is 29.0. The first-order valence-corrected chi connectivity index (χ1v) is 11.7. The Morgan fingerprint density at radius 2 is 1.80 bits per heavy atom. The molecule has 2 amide bonds. The van der Waals surface area contributed by atoms with Crippen LogP contribution in [-0.4, -0.2) is 61.2 Å². The van der Waals surface area contributed by atoms with Crippen molar-refractivity contribution >= 4 is 17.5 Å². The van der Waals surface area contributed by atoms with Gasteiger partial charge < -0.3 is 29.5 Å². The summed E-state index contributed by atoms with van der Waals surface area (Å²) in [4.78, 5) is 31.8. The van der Waals surface area contributed by atoms with Gasteiger partial charge in [0.05, 0.1) is 13.7 Å². The number of nitrogens with one attached hydrogen (secondary N) is 1. The third kappa shape index (κ3) is 6.22. The van der Waals surface area contributed by atoms with Crippen LogP contribution in [0.25, 0.3) is 0 Å². The Labute approximate surface area is 224 Å². The molecule has 0 radical (unpaired) electrons. The number of alkyl halides is 3. The first kappa shape index (κ1) is 28.5. The van der Waals surface area contributed by atoms with Crippen LogP contribution in [0, 0.1) is 11.6 Å². The van der Waals surface area contributed by atoms with Gasteiger partial charge >= 0.3 is 6.36 Å². The minimum Gasteiger partial charge on any atom is -0.497 e. The van der Waals surface area contributed by atoms with Gasteiger partial charge in [0.1, 0.15) is 41.5 Å². The summed E-state index contributed by atoms with van der Waals surface area (Å²) in [5, 5.41) is 11.6. The summed E-state index contributed by atoms with van der Waals surface area (Å²) in [5.74, 6) is -5.65. The lowest BCUT2D eigenvalue weighted by molar-refractivity contribution is -0.274. The Morgan fingerprint density at radius 1 is 1.12 bits per heavy atom. The molecule has 0 spiro atoms. The van der Waals surface area contributed by atoms with E-state index in [1.54, 1.807) is 0 Å². The van der Waals surface area contributed by atoms with E-state index in [4.69, 9.17) is 14.6 Å². The van der Waals surface area contributed by atoms with E-state index in [2.05, 4.69) is 15.0 Å². The summed E-state index contributed by atoms with van der Waals surface area (Å²) in [5.41, 5.74) is -0.494. The summed E-state index contributed by atoms with van der Waals surface area (Å²) < 4.78 is 81.7. The Hall–Kier alpha value is -4.46. The first-order chi connectivity index (χ1) is 19.0. The summed E-state index contributed by atoms with van der Waals surface area (Å²) in [6.07, 6.45) is -3.56. The number of carbonyl (C=O) groups is 2. The van der Waals surface area contributed by atoms with Crippen LogP contribution >= 0.6 is 0 Å². The highest BCUT2D eigenvalue weighted by Gasteiger charge is 2.46. The Kier molecular flexibility index (Phi) is 8.38. The number of pyridine rings is 1. The predicted octanol–water partition coefficient (Wildman–Crippen LogP) is 3.57. The van der Waals surface area contributed by atoms with Crippen LogP contribution in [0.2, 0.25) is 0 Å². The predicted molar refractivity (Wildman–Crippen MR) is 129 cm³/mol. The fourth-order valence-electron chi connectivity index (χ4n) is 4.28. The number of carbonyl (C=O) groups excluding carboxylic acids is 2. The SMILES string of the molecule is COc1cc(F)c([C@@H]2CN(c3cccnc3OCCO)C(=O)C2NC(=O)c2ccc(OC(F)(F)F)cc2)c(F)c1. The van der Waals surface area contributed by atoms with Gasteiger partial charge in [-0.1, -0.05) is 0 Å².